The van der Waals surface area contributed by atoms with E-state index in [4.69, 9.17) is 0 Å². The molecule has 1 fully saturated rings. The zero-order valence-electron chi connectivity index (χ0n) is 14.3. The minimum atomic E-state index is -0.0560. The molecule has 0 radical (unpaired) electrons. The van der Waals surface area contributed by atoms with Crippen molar-refractivity contribution in [2.75, 3.05) is 6.54 Å². The number of benzene rings is 1. The molecule has 3 heterocycles. The first-order chi connectivity index (χ1) is 12.7. The van der Waals surface area contributed by atoms with Crippen LogP contribution < -0.4 is 0 Å². The maximum atomic E-state index is 13.2. The molecule has 5 rings (SSSR count). The van der Waals surface area contributed by atoms with Gasteiger partial charge in [0.2, 0.25) is 5.82 Å². The largest absolute Gasteiger partial charge is 0.329 e. The lowest BCUT2D eigenvalue weighted by atomic mass is 10.0. The Bertz CT molecular complexity index is 959. The zero-order valence-corrected chi connectivity index (χ0v) is 14.3. The lowest BCUT2D eigenvalue weighted by Gasteiger charge is -2.33. The van der Waals surface area contributed by atoms with Gasteiger partial charge in [0, 0.05) is 18.0 Å². The zero-order chi connectivity index (χ0) is 17.7. The summed E-state index contributed by atoms with van der Waals surface area (Å²) < 4.78 is 2.21. The van der Waals surface area contributed by atoms with Crippen LogP contribution in [0.5, 0.6) is 0 Å². The molecule has 9 nitrogen and oxygen atoms in total. The van der Waals surface area contributed by atoms with Crippen LogP contribution >= 0.6 is 0 Å². The second-order valence-electron chi connectivity index (χ2n) is 6.93. The molecule has 132 valence electrons. The van der Waals surface area contributed by atoms with Crippen LogP contribution in [-0.2, 0) is 6.54 Å². The molecule has 1 atom stereocenters. The molecule has 1 N–H and O–H groups in total. The summed E-state index contributed by atoms with van der Waals surface area (Å²) in [5.74, 6) is 2.83. The van der Waals surface area contributed by atoms with E-state index in [9.17, 15) is 4.79 Å². The highest BCUT2D eigenvalue weighted by atomic mass is 16.2. The number of fused-ring (bicyclic) bond motifs is 1. The molecular formula is C17H18N8O. The van der Waals surface area contributed by atoms with Gasteiger partial charge in [-0.15, -0.1) is 20.4 Å². The van der Waals surface area contributed by atoms with Crippen molar-refractivity contribution in [3.63, 3.8) is 0 Å². The molecule has 1 amide bonds. The van der Waals surface area contributed by atoms with Crippen molar-refractivity contribution >= 4 is 5.91 Å². The highest BCUT2D eigenvalue weighted by Crippen LogP contribution is 2.41. The van der Waals surface area contributed by atoms with E-state index in [0.717, 1.165) is 11.6 Å². The number of aromatic amines is 1. The lowest BCUT2D eigenvalue weighted by Crippen LogP contribution is -2.41. The highest BCUT2D eigenvalue weighted by Gasteiger charge is 2.36. The molecule has 0 bridgehead atoms. The Hall–Kier alpha value is -3.10. The maximum absolute atomic E-state index is 13.2. The van der Waals surface area contributed by atoms with E-state index < -0.39 is 0 Å². The molecule has 0 unspecified atom stereocenters. The number of amides is 1. The van der Waals surface area contributed by atoms with Crippen LogP contribution in [0.15, 0.2) is 24.3 Å². The summed E-state index contributed by atoms with van der Waals surface area (Å²) in [6, 6.07) is 7.50. The number of aromatic nitrogens is 7. The number of carbonyl (C=O) groups excluding carboxylic acids is 1. The molecule has 1 saturated carbocycles. The van der Waals surface area contributed by atoms with Crippen LogP contribution in [0.2, 0.25) is 0 Å². The number of rotatable bonds is 3. The Kier molecular flexibility index (Phi) is 3.34. The number of nitrogens with one attached hydrogen (secondary N) is 1. The molecule has 2 aliphatic rings. The van der Waals surface area contributed by atoms with Crippen molar-refractivity contribution in [3.05, 3.63) is 41.5 Å². The van der Waals surface area contributed by atoms with E-state index >= 15 is 0 Å². The lowest BCUT2D eigenvalue weighted by molar-refractivity contribution is 0.0680. The molecule has 3 aromatic rings. The van der Waals surface area contributed by atoms with Gasteiger partial charge in [-0.05, 0) is 31.0 Å². The summed E-state index contributed by atoms with van der Waals surface area (Å²) in [7, 11) is 0. The fraction of sp³-hybridized carbons (Fsp3) is 0.412. The van der Waals surface area contributed by atoms with Gasteiger partial charge in [0.05, 0.1) is 18.2 Å². The number of carbonyl (C=O) groups is 1. The first-order valence-corrected chi connectivity index (χ1v) is 8.78. The first-order valence-electron chi connectivity index (χ1n) is 8.78. The quantitative estimate of drug-likeness (QED) is 0.768. The molecule has 1 aromatic carbocycles. The number of hydrogen-bond donors (Lipinski definition) is 1. The standard InChI is InChI=1S/C17H18N8O/c1-10-8-24(9-14-18-21-16(25(10)14)11-6-7-11)17(26)13-5-3-2-4-12(13)15-19-22-23-20-15/h2-5,10-11H,6-9H2,1H3,(H,19,20,22,23)/t10-/m0/s1. The number of H-pyrrole nitrogens is 1. The highest BCUT2D eigenvalue weighted by molar-refractivity contribution is 6.00. The third kappa shape index (κ3) is 2.39. The minimum absolute atomic E-state index is 0.0560. The van der Waals surface area contributed by atoms with Crippen LogP contribution in [0.25, 0.3) is 11.4 Å². The van der Waals surface area contributed by atoms with Crippen molar-refractivity contribution in [2.45, 2.75) is 38.3 Å². The van der Waals surface area contributed by atoms with E-state index in [1.165, 1.54) is 12.8 Å². The van der Waals surface area contributed by atoms with E-state index in [-0.39, 0.29) is 11.9 Å². The molecule has 0 saturated heterocycles. The van der Waals surface area contributed by atoms with Crippen LogP contribution in [-0.4, -0.2) is 52.7 Å². The Balaban J connectivity index is 1.47. The van der Waals surface area contributed by atoms with Gasteiger partial charge in [-0.2, -0.15) is 5.21 Å². The smallest absolute Gasteiger partial charge is 0.255 e. The van der Waals surface area contributed by atoms with Gasteiger partial charge in [-0.3, -0.25) is 4.79 Å². The summed E-state index contributed by atoms with van der Waals surface area (Å²) in [5, 5.41) is 22.8. The predicted octanol–water partition coefficient (Wildman–Crippen LogP) is 1.55. The first kappa shape index (κ1) is 15.2. The van der Waals surface area contributed by atoms with Gasteiger partial charge in [0.15, 0.2) is 5.82 Å². The van der Waals surface area contributed by atoms with E-state index in [1.54, 1.807) is 6.07 Å². The molecule has 0 spiro atoms. The maximum Gasteiger partial charge on any atom is 0.255 e. The molecule has 1 aliphatic carbocycles. The Labute approximate surface area is 149 Å². The summed E-state index contributed by atoms with van der Waals surface area (Å²) in [6.07, 6.45) is 2.37. The van der Waals surface area contributed by atoms with Crippen LogP contribution in [0.1, 0.15) is 53.7 Å². The minimum Gasteiger partial charge on any atom is -0.329 e. The summed E-state index contributed by atoms with van der Waals surface area (Å²) in [5.41, 5.74) is 1.24. The van der Waals surface area contributed by atoms with Crippen molar-refractivity contribution in [3.8, 4) is 11.4 Å². The third-order valence-corrected chi connectivity index (χ3v) is 5.02. The Morgan fingerprint density at radius 2 is 2.04 bits per heavy atom. The van der Waals surface area contributed by atoms with Crippen molar-refractivity contribution in [2.24, 2.45) is 0 Å². The summed E-state index contributed by atoms with van der Waals surface area (Å²) in [6.45, 7) is 3.21. The second kappa shape index (κ2) is 5.72. The van der Waals surface area contributed by atoms with E-state index in [0.29, 0.717) is 36.0 Å². The van der Waals surface area contributed by atoms with Gasteiger partial charge < -0.3 is 9.47 Å². The van der Waals surface area contributed by atoms with Crippen molar-refractivity contribution in [1.29, 1.82) is 0 Å². The Morgan fingerprint density at radius 1 is 1.19 bits per heavy atom. The third-order valence-electron chi connectivity index (χ3n) is 5.02. The molecule has 26 heavy (non-hydrogen) atoms. The van der Waals surface area contributed by atoms with Gasteiger partial charge in [0.25, 0.3) is 5.91 Å². The molecule has 1 aliphatic heterocycles. The Morgan fingerprint density at radius 3 is 2.81 bits per heavy atom. The fourth-order valence-electron chi connectivity index (χ4n) is 3.65. The van der Waals surface area contributed by atoms with E-state index in [1.807, 2.05) is 23.1 Å². The normalized spacial score (nSPS) is 19.4. The van der Waals surface area contributed by atoms with E-state index in [2.05, 4.69) is 42.3 Å². The monoisotopic (exact) mass is 350 g/mol. The average molecular weight is 350 g/mol. The number of hydrogen-bond acceptors (Lipinski definition) is 6. The van der Waals surface area contributed by atoms with Gasteiger partial charge in [0.1, 0.15) is 5.82 Å². The second-order valence-corrected chi connectivity index (χ2v) is 6.93. The van der Waals surface area contributed by atoms with Crippen LogP contribution in [0, 0.1) is 0 Å². The van der Waals surface area contributed by atoms with Gasteiger partial charge in [-0.25, -0.2) is 0 Å². The number of tetrazole rings is 1. The van der Waals surface area contributed by atoms with Crippen LogP contribution in [0.4, 0.5) is 0 Å². The molecule has 9 heteroatoms. The van der Waals surface area contributed by atoms with Crippen molar-refractivity contribution < 1.29 is 4.79 Å². The van der Waals surface area contributed by atoms with Crippen molar-refractivity contribution in [1.82, 2.24) is 40.3 Å². The average Bonchev–Trinajstić information content (AvgIpc) is 3.19. The predicted molar refractivity (Wildman–Crippen MR) is 91.1 cm³/mol. The molecular weight excluding hydrogens is 332 g/mol. The van der Waals surface area contributed by atoms with Crippen LogP contribution in [0.3, 0.4) is 0 Å². The van der Waals surface area contributed by atoms with Gasteiger partial charge >= 0.3 is 0 Å². The summed E-state index contributed by atoms with van der Waals surface area (Å²) in [4.78, 5) is 15.0. The summed E-state index contributed by atoms with van der Waals surface area (Å²) >= 11 is 0. The SMILES string of the molecule is C[C@H]1CN(C(=O)c2ccccc2-c2nn[nH]n2)Cc2nnc(C3CC3)n21. The number of nitrogens with zero attached hydrogens (tertiary/aromatic N) is 7. The topological polar surface area (TPSA) is 105 Å². The molecule has 2 aromatic heterocycles. The van der Waals surface area contributed by atoms with Gasteiger partial charge in [-0.1, -0.05) is 18.2 Å². The fourth-order valence-corrected chi connectivity index (χ4v) is 3.65.